The second-order valence-electron chi connectivity index (χ2n) is 5.32. The topological polar surface area (TPSA) is 70.1 Å². The van der Waals surface area contributed by atoms with Crippen LogP contribution in [0.25, 0.3) is 0 Å². The fraction of sp³-hybridized carbons (Fsp3) is 0.467. The number of carboxylic acid groups (broad SMARTS) is 1. The molecule has 1 aromatic rings. The van der Waals surface area contributed by atoms with E-state index in [9.17, 15) is 9.59 Å². The Kier molecular flexibility index (Phi) is 3.90. The Morgan fingerprint density at radius 1 is 1.24 bits per heavy atom. The van der Waals surface area contributed by atoms with E-state index in [1.807, 2.05) is 0 Å². The van der Waals surface area contributed by atoms with Gasteiger partial charge in [-0.2, -0.15) is 0 Å². The summed E-state index contributed by atoms with van der Waals surface area (Å²) in [6, 6.07) is 4.90. The van der Waals surface area contributed by atoms with Crippen LogP contribution in [0.15, 0.2) is 18.2 Å². The van der Waals surface area contributed by atoms with Gasteiger partial charge in [-0.3, -0.25) is 9.69 Å². The molecule has 0 radical (unpaired) electrons. The van der Waals surface area contributed by atoms with Gasteiger partial charge in [0, 0.05) is 31.9 Å². The lowest BCUT2D eigenvalue weighted by Crippen LogP contribution is -2.42. The van der Waals surface area contributed by atoms with Crippen LogP contribution in [0, 0.1) is 0 Å². The molecule has 0 aromatic heterocycles. The van der Waals surface area contributed by atoms with Gasteiger partial charge in [0.2, 0.25) is 5.91 Å². The highest BCUT2D eigenvalue weighted by molar-refractivity contribution is 6.02. The van der Waals surface area contributed by atoms with Crippen LogP contribution in [-0.2, 0) is 16.0 Å². The normalized spacial score (nSPS) is 18.9. The fourth-order valence-corrected chi connectivity index (χ4v) is 2.83. The number of hydrogen-bond donors (Lipinski definition) is 1. The number of ether oxygens (including phenoxy) is 1. The number of rotatable bonds is 4. The number of morpholine rings is 1. The molecule has 1 N–H and O–H groups in total. The summed E-state index contributed by atoms with van der Waals surface area (Å²) in [4.78, 5) is 27.1. The molecule has 6 nitrogen and oxygen atoms in total. The van der Waals surface area contributed by atoms with Crippen LogP contribution in [0.1, 0.15) is 15.9 Å². The zero-order valence-electron chi connectivity index (χ0n) is 11.7. The van der Waals surface area contributed by atoms with E-state index in [1.165, 1.54) is 0 Å². The average molecular weight is 290 g/mol. The minimum Gasteiger partial charge on any atom is -0.478 e. The predicted octanol–water partition coefficient (Wildman–Crippen LogP) is 0.606. The van der Waals surface area contributed by atoms with Crippen LogP contribution in [0.2, 0.25) is 0 Å². The largest absolute Gasteiger partial charge is 0.478 e. The van der Waals surface area contributed by atoms with Crippen molar-refractivity contribution in [1.82, 2.24) is 4.90 Å². The minimum atomic E-state index is -0.961. The molecule has 0 bridgehead atoms. The molecule has 112 valence electrons. The molecule has 2 heterocycles. The molecule has 21 heavy (non-hydrogen) atoms. The van der Waals surface area contributed by atoms with Crippen LogP contribution in [0.4, 0.5) is 5.69 Å². The number of carboxylic acids is 1. The minimum absolute atomic E-state index is 0.0424. The first-order valence-electron chi connectivity index (χ1n) is 7.12. The fourth-order valence-electron chi connectivity index (χ4n) is 2.83. The number of benzene rings is 1. The maximum atomic E-state index is 12.1. The smallest absolute Gasteiger partial charge is 0.335 e. The highest BCUT2D eigenvalue weighted by atomic mass is 16.5. The van der Waals surface area contributed by atoms with Gasteiger partial charge >= 0.3 is 5.97 Å². The van der Waals surface area contributed by atoms with E-state index in [4.69, 9.17) is 9.84 Å². The quantitative estimate of drug-likeness (QED) is 0.879. The maximum Gasteiger partial charge on any atom is 0.335 e. The van der Waals surface area contributed by atoms with Gasteiger partial charge in [-0.25, -0.2) is 4.79 Å². The zero-order valence-corrected chi connectivity index (χ0v) is 11.7. The average Bonchev–Trinajstić information content (AvgIpc) is 2.80. The van der Waals surface area contributed by atoms with Gasteiger partial charge in [0.15, 0.2) is 0 Å². The van der Waals surface area contributed by atoms with E-state index in [2.05, 4.69) is 4.90 Å². The number of amides is 1. The Labute approximate surface area is 122 Å². The lowest BCUT2D eigenvalue weighted by molar-refractivity contribution is -0.117. The van der Waals surface area contributed by atoms with Crippen molar-refractivity contribution in [2.75, 3.05) is 44.3 Å². The van der Waals surface area contributed by atoms with E-state index < -0.39 is 5.97 Å². The number of anilines is 1. The first-order chi connectivity index (χ1) is 10.1. The summed E-state index contributed by atoms with van der Waals surface area (Å²) in [5, 5.41) is 9.00. The maximum absolute atomic E-state index is 12.1. The molecule has 6 heteroatoms. The first kappa shape index (κ1) is 14.0. The van der Waals surface area contributed by atoms with E-state index >= 15 is 0 Å². The lowest BCUT2D eigenvalue weighted by atomic mass is 10.1. The van der Waals surface area contributed by atoms with E-state index in [0.29, 0.717) is 13.0 Å². The summed E-state index contributed by atoms with van der Waals surface area (Å²) in [6.07, 6.45) is 0.291. The number of nitrogens with zero attached hydrogens (tertiary/aromatic N) is 2. The van der Waals surface area contributed by atoms with Gasteiger partial charge in [-0.05, 0) is 23.8 Å². The molecule has 0 atom stereocenters. The molecule has 2 aliphatic heterocycles. The number of carbonyl (C=O) groups excluding carboxylic acids is 1. The van der Waals surface area contributed by atoms with Crippen molar-refractivity contribution in [2.45, 2.75) is 6.42 Å². The van der Waals surface area contributed by atoms with Gasteiger partial charge in [0.05, 0.1) is 25.2 Å². The highest BCUT2D eigenvalue weighted by Crippen LogP contribution is 2.29. The van der Waals surface area contributed by atoms with Gasteiger partial charge in [0.1, 0.15) is 0 Å². The molecule has 1 amide bonds. The summed E-state index contributed by atoms with van der Waals surface area (Å²) in [6.45, 7) is 4.73. The Morgan fingerprint density at radius 3 is 2.71 bits per heavy atom. The third-order valence-corrected chi connectivity index (χ3v) is 4.00. The van der Waals surface area contributed by atoms with Gasteiger partial charge < -0.3 is 14.7 Å². The van der Waals surface area contributed by atoms with Crippen molar-refractivity contribution in [2.24, 2.45) is 0 Å². The van der Waals surface area contributed by atoms with Gasteiger partial charge in [-0.1, -0.05) is 0 Å². The van der Waals surface area contributed by atoms with Crippen LogP contribution in [0.3, 0.4) is 0 Å². The third-order valence-electron chi connectivity index (χ3n) is 4.00. The molecule has 0 spiro atoms. The van der Waals surface area contributed by atoms with Crippen molar-refractivity contribution in [3.63, 3.8) is 0 Å². The van der Waals surface area contributed by atoms with Crippen molar-refractivity contribution < 1.29 is 19.4 Å². The first-order valence-corrected chi connectivity index (χ1v) is 7.12. The zero-order chi connectivity index (χ0) is 14.8. The van der Waals surface area contributed by atoms with E-state index in [-0.39, 0.29) is 11.5 Å². The number of carbonyl (C=O) groups is 2. The molecular formula is C15H18N2O4. The van der Waals surface area contributed by atoms with Crippen LogP contribution >= 0.6 is 0 Å². The molecule has 1 saturated heterocycles. The van der Waals surface area contributed by atoms with Crippen molar-refractivity contribution in [1.29, 1.82) is 0 Å². The molecular weight excluding hydrogens is 272 g/mol. The number of fused-ring (bicyclic) bond motifs is 1. The molecule has 0 saturated carbocycles. The Balaban J connectivity index is 1.70. The third kappa shape index (κ3) is 2.91. The summed E-state index contributed by atoms with van der Waals surface area (Å²) < 4.78 is 5.31. The Hall–Kier alpha value is -1.92. The number of aromatic carboxylic acids is 1. The summed E-state index contributed by atoms with van der Waals surface area (Å²) in [7, 11) is 0. The van der Waals surface area contributed by atoms with Crippen molar-refractivity contribution in [3.05, 3.63) is 29.3 Å². The summed E-state index contributed by atoms with van der Waals surface area (Å²) in [5.74, 6) is -0.919. The molecule has 0 aliphatic carbocycles. The van der Waals surface area contributed by atoms with E-state index in [1.54, 1.807) is 23.1 Å². The molecule has 1 aromatic carbocycles. The second-order valence-corrected chi connectivity index (χ2v) is 5.32. The SMILES string of the molecule is O=C(O)c1ccc2c(c1)CC(=O)N2CCN1CCOCC1. The second kappa shape index (κ2) is 5.83. The van der Waals surface area contributed by atoms with Crippen LogP contribution in [-0.4, -0.2) is 61.3 Å². The van der Waals surface area contributed by atoms with Crippen molar-refractivity contribution in [3.8, 4) is 0 Å². The molecule has 1 fully saturated rings. The lowest BCUT2D eigenvalue weighted by Gasteiger charge is -2.28. The molecule has 2 aliphatic rings. The highest BCUT2D eigenvalue weighted by Gasteiger charge is 2.28. The predicted molar refractivity (Wildman–Crippen MR) is 76.7 cm³/mol. The summed E-state index contributed by atoms with van der Waals surface area (Å²) >= 11 is 0. The van der Waals surface area contributed by atoms with Crippen LogP contribution < -0.4 is 4.90 Å². The Morgan fingerprint density at radius 2 is 2.00 bits per heavy atom. The standard InChI is InChI=1S/C15H18N2O4/c18-14-10-12-9-11(15(19)20)1-2-13(12)17(14)4-3-16-5-7-21-8-6-16/h1-2,9H,3-8,10H2,(H,19,20). The van der Waals surface area contributed by atoms with E-state index in [0.717, 1.165) is 44.1 Å². The summed E-state index contributed by atoms with van der Waals surface area (Å²) in [5.41, 5.74) is 1.89. The molecule has 0 unspecified atom stereocenters. The molecule has 3 rings (SSSR count). The van der Waals surface area contributed by atoms with Gasteiger partial charge in [-0.15, -0.1) is 0 Å². The Bertz CT molecular complexity index is 567. The van der Waals surface area contributed by atoms with Crippen LogP contribution in [0.5, 0.6) is 0 Å². The van der Waals surface area contributed by atoms with Crippen molar-refractivity contribution >= 4 is 17.6 Å². The number of hydrogen-bond acceptors (Lipinski definition) is 4. The van der Waals surface area contributed by atoms with Gasteiger partial charge in [0.25, 0.3) is 0 Å². The monoisotopic (exact) mass is 290 g/mol.